The Bertz CT molecular complexity index is 407. The van der Waals surface area contributed by atoms with Gasteiger partial charge in [-0.3, -0.25) is 4.68 Å². The van der Waals surface area contributed by atoms with E-state index in [0.717, 1.165) is 19.5 Å². The number of nitrogens with zero attached hydrogens (tertiary/aromatic N) is 2. The predicted octanol–water partition coefficient (Wildman–Crippen LogP) is 2.93. The molecule has 0 aromatic carbocycles. The van der Waals surface area contributed by atoms with Crippen molar-refractivity contribution in [1.82, 2.24) is 15.1 Å². The molecule has 1 aromatic heterocycles. The molecule has 110 valence electrons. The van der Waals surface area contributed by atoms with E-state index in [-0.39, 0.29) is 5.54 Å². The number of aliphatic hydroxyl groups is 1. The summed E-state index contributed by atoms with van der Waals surface area (Å²) in [6, 6.07) is 0. The lowest BCUT2D eigenvalue weighted by Crippen LogP contribution is -2.39. The second kappa shape index (κ2) is 6.25. The summed E-state index contributed by atoms with van der Waals surface area (Å²) in [6.45, 7) is 11.7. The normalized spacial score (nSPS) is 15.5. The van der Waals surface area contributed by atoms with Crippen LogP contribution in [-0.2, 0) is 12.1 Å². The number of hydrogen-bond donors (Lipinski definition) is 2. The lowest BCUT2D eigenvalue weighted by Gasteiger charge is -2.28. The molecular weight excluding hydrogens is 262 g/mol. The van der Waals surface area contributed by atoms with Crippen molar-refractivity contribution in [2.75, 3.05) is 6.54 Å². The molecule has 5 heteroatoms. The molecule has 19 heavy (non-hydrogen) atoms. The van der Waals surface area contributed by atoms with Crippen LogP contribution in [0.3, 0.4) is 0 Å². The van der Waals surface area contributed by atoms with Crippen molar-refractivity contribution in [3.05, 3.63) is 16.9 Å². The second-order valence-electron chi connectivity index (χ2n) is 6.26. The van der Waals surface area contributed by atoms with Gasteiger partial charge in [0.15, 0.2) is 0 Å². The highest BCUT2D eigenvalue weighted by Crippen LogP contribution is 2.30. The predicted molar refractivity (Wildman–Crippen MR) is 79.5 cm³/mol. The van der Waals surface area contributed by atoms with E-state index >= 15 is 0 Å². The molecule has 0 radical (unpaired) electrons. The van der Waals surface area contributed by atoms with Gasteiger partial charge in [0.25, 0.3) is 0 Å². The van der Waals surface area contributed by atoms with Crippen molar-refractivity contribution in [3.63, 3.8) is 0 Å². The standard InChI is InChI=1S/C14H26ClN3O/c1-6-9-18-12(11(15)10-17-18)14(5,19)7-8-16-13(2,3)4/h10,16,19H,6-9H2,1-5H3. The van der Waals surface area contributed by atoms with Gasteiger partial charge in [-0.25, -0.2) is 0 Å². The zero-order valence-corrected chi connectivity index (χ0v) is 13.4. The summed E-state index contributed by atoms with van der Waals surface area (Å²) < 4.78 is 1.80. The molecule has 1 heterocycles. The van der Waals surface area contributed by atoms with Crippen molar-refractivity contribution >= 4 is 11.6 Å². The number of halogens is 1. The minimum atomic E-state index is -0.971. The van der Waals surface area contributed by atoms with Gasteiger partial charge in [-0.05, 0) is 47.1 Å². The lowest BCUT2D eigenvalue weighted by molar-refractivity contribution is 0.0371. The Labute approximate surface area is 121 Å². The molecule has 0 fully saturated rings. The smallest absolute Gasteiger partial charge is 0.106 e. The van der Waals surface area contributed by atoms with Crippen LogP contribution in [0.25, 0.3) is 0 Å². The van der Waals surface area contributed by atoms with E-state index < -0.39 is 5.60 Å². The fraction of sp³-hybridized carbons (Fsp3) is 0.786. The molecule has 4 nitrogen and oxygen atoms in total. The van der Waals surface area contributed by atoms with Crippen LogP contribution in [0, 0.1) is 0 Å². The molecule has 0 aliphatic rings. The highest BCUT2D eigenvalue weighted by Gasteiger charge is 2.30. The van der Waals surface area contributed by atoms with Gasteiger partial charge in [0.2, 0.25) is 0 Å². The number of hydrogen-bond acceptors (Lipinski definition) is 3. The summed E-state index contributed by atoms with van der Waals surface area (Å²) in [5.74, 6) is 0. The molecule has 1 atom stereocenters. The van der Waals surface area contributed by atoms with Crippen molar-refractivity contribution in [1.29, 1.82) is 0 Å². The Morgan fingerprint density at radius 3 is 2.53 bits per heavy atom. The van der Waals surface area contributed by atoms with E-state index in [1.54, 1.807) is 17.8 Å². The van der Waals surface area contributed by atoms with E-state index in [4.69, 9.17) is 11.6 Å². The molecule has 0 saturated heterocycles. The molecule has 0 saturated carbocycles. The first kappa shape index (κ1) is 16.5. The molecule has 0 aliphatic carbocycles. The largest absolute Gasteiger partial charge is 0.384 e. The number of aryl methyl sites for hydroxylation is 1. The molecule has 1 unspecified atom stereocenters. The summed E-state index contributed by atoms with van der Waals surface area (Å²) in [5, 5.41) is 18.8. The van der Waals surface area contributed by atoms with Crippen LogP contribution in [0.15, 0.2) is 6.20 Å². The first-order valence-electron chi connectivity index (χ1n) is 6.86. The topological polar surface area (TPSA) is 50.1 Å². The van der Waals surface area contributed by atoms with Crippen LogP contribution in [0.1, 0.15) is 53.2 Å². The molecule has 0 bridgehead atoms. The zero-order valence-electron chi connectivity index (χ0n) is 12.6. The second-order valence-corrected chi connectivity index (χ2v) is 6.67. The van der Waals surface area contributed by atoms with E-state index in [2.05, 4.69) is 38.1 Å². The van der Waals surface area contributed by atoms with Crippen LogP contribution >= 0.6 is 11.6 Å². The van der Waals surface area contributed by atoms with Crippen molar-refractivity contribution < 1.29 is 5.11 Å². The number of aromatic nitrogens is 2. The lowest BCUT2D eigenvalue weighted by atomic mass is 9.97. The SMILES string of the molecule is CCCn1ncc(Cl)c1C(C)(O)CCNC(C)(C)C. The molecule has 0 spiro atoms. The van der Waals surface area contributed by atoms with Gasteiger partial charge in [-0.2, -0.15) is 5.10 Å². The highest BCUT2D eigenvalue weighted by atomic mass is 35.5. The minimum absolute atomic E-state index is 0.0452. The molecule has 0 amide bonds. The fourth-order valence-electron chi connectivity index (χ4n) is 2.08. The first-order valence-corrected chi connectivity index (χ1v) is 7.24. The maximum atomic E-state index is 10.7. The van der Waals surface area contributed by atoms with Gasteiger partial charge in [-0.15, -0.1) is 0 Å². The number of rotatable bonds is 6. The maximum absolute atomic E-state index is 10.7. The summed E-state index contributed by atoms with van der Waals surface area (Å²) in [5.41, 5.74) is -0.211. The van der Waals surface area contributed by atoms with Crippen LogP contribution in [0.2, 0.25) is 5.02 Å². The molecule has 2 N–H and O–H groups in total. The molecule has 1 rings (SSSR count). The first-order chi connectivity index (χ1) is 8.67. The Balaban J connectivity index is 2.78. The summed E-state index contributed by atoms with van der Waals surface area (Å²) in [6.07, 6.45) is 3.17. The zero-order chi connectivity index (χ0) is 14.7. The molecular formula is C14H26ClN3O. The molecule has 0 aliphatic heterocycles. The Kier molecular flexibility index (Phi) is 5.42. The minimum Gasteiger partial charge on any atom is -0.384 e. The highest BCUT2D eigenvalue weighted by molar-refractivity contribution is 6.31. The Morgan fingerprint density at radius 1 is 1.37 bits per heavy atom. The average molecular weight is 288 g/mol. The quantitative estimate of drug-likeness (QED) is 0.846. The van der Waals surface area contributed by atoms with E-state index in [9.17, 15) is 5.11 Å². The van der Waals surface area contributed by atoms with E-state index in [0.29, 0.717) is 17.1 Å². The van der Waals surface area contributed by atoms with E-state index in [1.807, 2.05) is 0 Å². The van der Waals surface area contributed by atoms with Gasteiger partial charge in [-0.1, -0.05) is 18.5 Å². The molecule has 1 aromatic rings. The Hall–Kier alpha value is -0.580. The van der Waals surface area contributed by atoms with Crippen LogP contribution < -0.4 is 5.32 Å². The fourth-order valence-corrected chi connectivity index (χ4v) is 2.42. The van der Waals surface area contributed by atoms with Crippen molar-refractivity contribution in [3.8, 4) is 0 Å². The van der Waals surface area contributed by atoms with Crippen LogP contribution in [-0.4, -0.2) is 27.0 Å². The van der Waals surface area contributed by atoms with Gasteiger partial charge >= 0.3 is 0 Å². The van der Waals surface area contributed by atoms with Crippen molar-refractivity contribution in [2.45, 2.75) is 65.1 Å². The third-order valence-corrected chi connectivity index (χ3v) is 3.28. The third-order valence-electron chi connectivity index (χ3n) is 3.01. The average Bonchev–Trinajstić information content (AvgIpc) is 2.58. The maximum Gasteiger partial charge on any atom is 0.106 e. The third kappa shape index (κ3) is 4.79. The summed E-state index contributed by atoms with van der Waals surface area (Å²) in [7, 11) is 0. The van der Waals surface area contributed by atoms with E-state index in [1.165, 1.54) is 0 Å². The summed E-state index contributed by atoms with van der Waals surface area (Å²) >= 11 is 6.17. The van der Waals surface area contributed by atoms with Gasteiger partial charge in [0.05, 0.1) is 16.9 Å². The van der Waals surface area contributed by atoms with Gasteiger partial charge < -0.3 is 10.4 Å². The van der Waals surface area contributed by atoms with Crippen LogP contribution in [0.5, 0.6) is 0 Å². The van der Waals surface area contributed by atoms with Gasteiger partial charge in [0, 0.05) is 12.1 Å². The monoisotopic (exact) mass is 287 g/mol. The number of nitrogens with one attached hydrogen (secondary N) is 1. The summed E-state index contributed by atoms with van der Waals surface area (Å²) in [4.78, 5) is 0. The Morgan fingerprint density at radius 2 is 2.00 bits per heavy atom. The van der Waals surface area contributed by atoms with Crippen LogP contribution in [0.4, 0.5) is 0 Å². The van der Waals surface area contributed by atoms with Gasteiger partial charge in [0.1, 0.15) is 5.60 Å². The van der Waals surface area contributed by atoms with Crippen molar-refractivity contribution in [2.24, 2.45) is 0 Å².